The van der Waals surface area contributed by atoms with Crippen LogP contribution in [0.1, 0.15) is 15.9 Å². The van der Waals surface area contributed by atoms with Gasteiger partial charge in [-0.25, -0.2) is 4.79 Å². The van der Waals surface area contributed by atoms with Crippen molar-refractivity contribution in [3.8, 4) is 0 Å². The summed E-state index contributed by atoms with van der Waals surface area (Å²) in [5.41, 5.74) is 0.679. The first-order valence-corrected chi connectivity index (χ1v) is 6.26. The van der Waals surface area contributed by atoms with Crippen molar-refractivity contribution in [2.75, 3.05) is 5.32 Å². The Bertz CT molecular complexity index is 749. The van der Waals surface area contributed by atoms with Crippen LogP contribution in [0.2, 0.25) is 0 Å². The third kappa shape index (κ3) is 3.56. The minimum Gasteiger partial charge on any atom is -0.477 e. The lowest BCUT2D eigenvalue weighted by molar-refractivity contribution is -0.116. The van der Waals surface area contributed by atoms with Gasteiger partial charge in [-0.15, -0.1) is 0 Å². The first-order valence-electron chi connectivity index (χ1n) is 6.26. The molecule has 0 aliphatic rings. The summed E-state index contributed by atoms with van der Waals surface area (Å²) in [5.74, 6) is -1.61. The number of nitrogens with zero attached hydrogens (tertiary/aromatic N) is 1. The van der Waals surface area contributed by atoms with E-state index < -0.39 is 11.4 Å². The lowest BCUT2D eigenvalue weighted by atomic mass is 10.2. The quantitative estimate of drug-likeness (QED) is 0.891. The summed E-state index contributed by atoms with van der Waals surface area (Å²) < 4.78 is 1.36. The first kappa shape index (κ1) is 14.5. The lowest BCUT2D eigenvalue weighted by Gasteiger charge is -2.10. The van der Waals surface area contributed by atoms with Gasteiger partial charge in [0, 0.05) is 24.1 Å². The number of carboxylic acid groups (broad SMARTS) is 1. The monoisotopic (exact) mass is 286 g/mol. The summed E-state index contributed by atoms with van der Waals surface area (Å²) >= 11 is 0. The van der Waals surface area contributed by atoms with Crippen molar-refractivity contribution >= 4 is 17.6 Å². The van der Waals surface area contributed by atoms with Crippen molar-refractivity contribution in [2.45, 2.75) is 13.5 Å². The summed E-state index contributed by atoms with van der Waals surface area (Å²) in [6.45, 7) is 1.80. The molecule has 1 heterocycles. The molecule has 0 aliphatic carbocycles. The second-order valence-corrected chi connectivity index (χ2v) is 4.56. The third-order valence-corrected chi connectivity index (χ3v) is 2.95. The standard InChI is InChI=1S/C15H14N2O4/c1-10-4-2-3-5-12(10)16-14(19)9-17-7-6-13(18)11(8-17)15(20)21/h2-8H,9H2,1H3,(H,16,19)(H,20,21). The second-order valence-electron chi connectivity index (χ2n) is 4.56. The molecule has 0 saturated heterocycles. The van der Waals surface area contributed by atoms with Gasteiger partial charge in [0.05, 0.1) is 0 Å². The minimum absolute atomic E-state index is 0.0745. The molecule has 0 spiro atoms. The van der Waals surface area contributed by atoms with Crippen LogP contribution in [0.25, 0.3) is 0 Å². The zero-order valence-corrected chi connectivity index (χ0v) is 11.4. The Balaban J connectivity index is 2.13. The molecule has 6 heteroatoms. The summed E-state index contributed by atoms with van der Waals surface area (Å²) in [7, 11) is 0. The molecule has 1 aromatic heterocycles. The molecule has 6 nitrogen and oxygen atoms in total. The number of hydrogen-bond acceptors (Lipinski definition) is 3. The van der Waals surface area contributed by atoms with Gasteiger partial charge in [0.1, 0.15) is 12.1 Å². The predicted molar refractivity (Wildman–Crippen MR) is 77.5 cm³/mol. The molecule has 108 valence electrons. The van der Waals surface area contributed by atoms with Crippen molar-refractivity contribution in [3.63, 3.8) is 0 Å². The van der Waals surface area contributed by atoms with E-state index in [1.165, 1.54) is 10.8 Å². The number of benzene rings is 1. The van der Waals surface area contributed by atoms with Gasteiger partial charge in [-0.1, -0.05) is 18.2 Å². The highest BCUT2D eigenvalue weighted by Crippen LogP contribution is 2.12. The Labute approximate surface area is 120 Å². The van der Waals surface area contributed by atoms with E-state index in [2.05, 4.69) is 5.32 Å². The Morgan fingerprint density at radius 3 is 2.62 bits per heavy atom. The van der Waals surface area contributed by atoms with Gasteiger partial charge in [-0.3, -0.25) is 9.59 Å². The SMILES string of the molecule is Cc1ccccc1NC(=O)Cn1ccc(=O)c(C(=O)O)c1. The molecule has 0 fully saturated rings. The number of anilines is 1. The van der Waals surface area contributed by atoms with Gasteiger partial charge in [-0.2, -0.15) is 0 Å². The van der Waals surface area contributed by atoms with Crippen LogP contribution < -0.4 is 10.7 Å². The second kappa shape index (κ2) is 6.04. The predicted octanol–water partition coefficient (Wildman–Crippen LogP) is 1.49. The molecule has 2 N–H and O–H groups in total. The Hall–Kier alpha value is -2.89. The van der Waals surface area contributed by atoms with Crippen molar-refractivity contribution in [2.24, 2.45) is 0 Å². The van der Waals surface area contributed by atoms with Crippen LogP contribution in [-0.2, 0) is 11.3 Å². The Kier molecular flexibility index (Phi) is 4.18. The van der Waals surface area contributed by atoms with Gasteiger partial charge >= 0.3 is 5.97 Å². The van der Waals surface area contributed by atoms with Gasteiger partial charge in [0.2, 0.25) is 5.91 Å². The average molecular weight is 286 g/mol. The normalized spacial score (nSPS) is 10.1. The van der Waals surface area contributed by atoms with Crippen LogP contribution >= 0.6 is 0 Å². The summed E-state index contributed by atoms with van der Waals surface area (Å²) in [6, 6.07) is 8.46. The molecule has 0 aliphatic heterocycles. The highest BCUT2D eigenvalue weighted by Gasteiger charge is 2.10. The third-order valence-electron chi connectivity index (χ3n) is 2.95. The number of carbonyl (C=O) groups excluding carboxylic acids is 1. The number of aryl methyl sites for hydroxylation is 1. The number of amides is 1. The van der Waals surface area contributed by atoms with Crippen molar-refractivity contribution in [3.05, 3.63) is 64.1 Å². The fourth-order valence-corrected chi connectivity index (χ4v) is 1.85. The van der Waals surface area contributed by atoms with E-state index in [0.717, 1.165) is 17.8 Å². The van der Waals surface area contributed by atoms with E-state index in [0.29, 0.717) is 5.69 Å². The summed E-state index contributed by atoms with van der Waals surface area (Å²) in [6.07, 6.45) is 2.54. The molecule has 0 saturated carbocycles. The fraction of sp³-hybridized carbons (Fsp3) is 0.133. The molecule has 21 heavy (non-hydrogen) atoms. The number of carboxylic acids is 1. The van der Waals surface area contributed by atoms with E-state index in [9.17, 15) is 14.4 Å². The molecule has 1 amide bonds. The average Bonchev–Trinajstić information content (AvgIpc) is 2.43. The number of pyridine rings is 1. The maximum Gasteiger partial charge on any atom is 0.341 e. The molecule has 0 unspecified atom stereocenters. The van der Waals surface area contributed by atoms with E-state index in [1.807, 2.05) is 25.1 Å². The Morgan fingerprint density at radius 1 is 1.24 bits per heavy atom. The smallest absolute Gasteiger partial charge is 0.341 e. The summed E-state index contributed by atoms with van der Waals surface area (Å²) in [5, 5.41) is 11.6. The van der Waals surface area contributed by atoms with Crippen molar-refractivity contribution < 1.29 is 14.7 Å². The number of nitrogens with one attached hydrogen (secondary N) is 1. The lowest BCUT2D eigenvalue weighted by Crippen LogP contribution is -2.22. The molecular formula is C15H14N2O4. The molecule has 1 aromatic carbocycles. The van der Waals surface area contributed by atoms with E-state index >= 15 is 0 Å². The topological polar surface area (TPSA) is 88.4 Å². The number of carbonyl (C=O) groups is 2. The van der Waals surface area contributed by atoms with Gasteiger partial charge in [0.15, 0.2) is 5.43 Å². The molecule has 2 aromatic rings. The fourth-order valence-electron chi connectivity index (χ4n) is 1.85. The molecular weight excluding hydrogens is 272 g/mol. The molecule has 0 bridgehead atoms. The van der Waals surface area contributed by atoms with Crippen molar-refractivity contribution in [1.29, 1.82) is 0 Å². The first-order chi connectivity index (χ1) is 9.97. The number of hydrogen-bond donors (Lipinski definition) is 2. The zero-order chi connectivity index (χ0) is 15.4. The maximum absolute atomic E-state index is 11.9. The number of aromatic nitrogens is 1. The van der Waals surface area contributed by atoms with E-state index in [1.54, 1.807) is 6.07 Å². The summed E-state index contributed by atoms with van der Waals surface area (Å²) in [4.78, 5) is 34.2. The largest absolute Gasteiger partial charge is 0.477 e. The van der Waals surface area contributed by atoms with Gasteiger partial charge in [-0.05, 0) is 18.6 Å². The van der Waals surface area contributed by atoms with Crippen LogP contribution in [0.5, 0.6) is 0 Å². The zero-order valence-electron chi connectivity index (χ0n) is 11.4. The molecule has 0 radical (unpaired) electrons. The number of rotatable bonds is 4. The van der Waals surface area contributed by atoms with Gasteiger partial charge < -0.3 is 15.0 Å². The van der Waals surface area contributed by atoms with E-state index in [4.69, 9.17) is 5.11 Å². The van der Waals surface area contributed by atoms with Crippen LogP contribution in [0, 0.1) is 6.92 Å². The number of para-hydroxylation sites is 1. The maximum atomic E-state index is 11.9. The van der Waals surface area contributed by atoms with Crippen LogP contribution in [-0.4, -0.2) is 21.6 Å². The highest BCUT2D eigenvalue weighted by atomic mass is 16.4. The van der Waals surface area contributed by atoms with Crippen molar-refractivity contribution in [1.82, 2.24) is 4.57 Å². The minimum atomic E-state index is -1.31. The van der Waals surface area contributed by atoms with Crippen LogP contribution in [0.4, 0.5) is 5.69 Å². The molecule has 2 rings (SSSR count). The highest BCUT2D eigenvalue weighted by molar-refractivity contribution is 5.91. The molecule has 0 atom stereocenters. The van der Waals surface area contributed by atoms with Gasteiger partial charge in [0.25, 0.3) is 0 Å². The Morgan fingerprint density at radius 2 is 1.95 bits per heavy atom. The van der Waals surface area contributed by atoms with Crippen LogP contribution in [0.15, 0.2) is 47.5 Å². The van der Waals surface area contributed by atoms with Crippen LogP contribution in [0.3, 0.4) is 0 Å². The number of aromatic carboxylic acids is 1. The van der Waals surface area contributed by atoms with E-state index in [-0.39, 0.29) is 18.0 Å².